The van der Waals surface area contributed by atoms with E-state index in [0.717, 1.165) is 12.0 Å². The summed E-state index contributed by atoms with van der Waals surface area (Å²) in [7, 11) is 4.42. The molecule has 0 saturated carbocycles. The van der Waals surface area contributed by atoms with E-state index in [1.807, 2.05) is 24.3 Å². The van der Waals surface area contributed by atoms with Gasteiger partial charge in [0.1, 0.15) is 11.3 Å². The predicted molar refractivity (Wildman–Crippen MR) is 105 cm³/mol. The lowest BCUT2D eigenvalue weighted by Crippen LogP contribution is -2.29. The molecule has 2 aromatic rings. The van der Waals surface area contributed by atoms with Crippen LogP contribution in [0.1, 0.15) is 32.7 Å². The van der Waals surface area contributed by atoms with Crippen LogP contribution in [0.15, 0.2) is 47.5 Å². The summed E-state index contributed by atoms with van der Waals surface area (Å²) in [5, 5.41) is 0. The number of benzene rings is 2. The average molecular weight is 382 g/mol. The quantitative estimate of drug-likeness (QED) is 0.743. The Hall–Kier alpha value is -3.35. The van der Waals surface area contributed by atoms with Crippen LogP contribution in [0.5, 0.6) is 5.75 Å². The molecule has 1 aliphatic rings. The minimum Gasteiger partial charge on any atom is -0.496 e. The second-order valence-electron chi connectivity index (χ2n) is 6.18. The summed E-state index contributed by atoms with van der Waals surface area (Å²) in [6, 6.07) is 12.1. The van der Waals surface area contributed by atoms with Crippen LogP contribution in [-0.4, -0.2) is 52.2 Å². The van der Waals surface area contributed by atoms with Gasteiger partial charge in [-0.05, 0) is 30.3 Å². The van der Waals surface area contributed by atoms with Crippen LogP contribution in [0, 0.1) is 0 Å². The van der Waals surface area contributed by atoms with Crippen LogP contribution in [-0.2, 0) is 9.47 Å². The summed E-state index contributed by atoms with van der Waals surface area (Å²) in [5.74, 6) is 0.0417. The Morgan fingerprint density at radius 2 is 1.93 bits per heavy atom. The summed E-state index contributed by atoms with van der Waals surface area (Å²) >= 11 is 0. The van der Waals surface area contributed by atoms with Gasteiger partial charge in [0.2, 0.25) is 5.90 Å². The highest BCUT2D eigenvalue weighted by molar-refractivity contribution is 6.10. The summed E-state index contributed by atoms with van der Waals surface area (Å²) < 4.78 is 15.7. The molecule has 1 aliphatic heterocycles. The maximum absolute atomic E-state index is 13.1. The SMILES string of the molecule is COC(=O)c1ccc(C(=O)N(C)c2ccccc2C2=NCCCO2)cc1OC. The molecular weight excluding hydrogens is 360 g/mol. The zero-order chi connectivity index (χ0) is 20.1. The molecule has 0 unspecified atom stereocenters. The molecule has 0 N–H and O–H groups in total. The number of esters is 1. The van der Waals surface area contributed by atoms with Gasteiger partial charge >= 0.3 is 5.97 Å². The highest BCUT2D eigenvalue weighted by Crippen LogP contribution is 2.26. The van der Waals surface area contributed by atoms with Gasteiger partial charge in [-0.15, -0.1) is 0 Å². The Balaban J connectivity index is 1.94. The number of ether oxygens (including phenoxy) is 3. The van der Waals surface area contributed by atoms with Gasteiger partial charge in [-0.3, -0.25) is 9.79 Å². The zero-order valence-electron chi connectivity index (χ0n) is 16.1. The van der Waals surface area contributed by atoms with Gasteiger partial charge < -0.3 is 19.1 Å². The molecule has 0 fully saturated rings. The van der Waals surface area contributed by atoms with Gasteiger partial charge in [0.25, 0.3) is 5.91 Å². The molecule has 0 bridgehead atoms. The largest absolute Gasteiger partial charge is 0.496 e. The maximum atomic E-state index is 13.1. The number of hydrogen-bond donors (Lipinski definition) is 0. The van der Waals surface area contributed by atoms with E-state index in [9.17, 15) is 9.59 Å². The molecule has 1 heterocycles. The molecule has 2 aromatic carbocycles. The fourth-order valence-electron chi connectivity index (χ4n) is 2.98. The number of para-hydroxylation sites is 1. The number of hydrogen-bond acceptors (Lipinski definition) is 6. The minimum absolute atomic E-state index is 0.251. The minimum atomic E-state index is -0.526. The van der Waals surface area contributed by atoms with Crippen LogP contribution in [0.2, 0.25) is 0 Å². The van der Waals surface area contributed by atoms with Crippen LogP contribution in [0.3, 0.4) is 0 Å². The summed E-state index contributed by atoms with van der Waals surface area (Å²) in [5.41, 5.74) is 2.09. The van der Waals surface area contributed by atoms with Gasteiger partial charge in [0.15, 0.2) is 0 Å². The first kappa shape index (κ1) is 19.4. The van der Waals surface area contributed by atoms with Crippen LogP contribution in [0.4, 0.5) is 5.69 Å². The fourth-order valence-corrected chi connectivity index (χ4v) is 2.98. The van der Waals surface area contributed by atoms with Crippen molar-refractivity contribution in [2.24, 2.45) is 4.99 Å². The normalized spacial score (nSPS) is 13.2. The third kappa shape index (κ3) is 3.83. The first-order chi connectivity index (χ1) is 13.6. The number of carbonyl (C=O) groups excluding carboxylic acids is 2. The van der Waals surface area contributed by atoms with E-state index in [1.165, 1.54) is 31.3 Å². The Morgan fingerprint density at radius 1 is 1.14 bits per heavy atom. The average Bonchev–Trinajstić information content (AvgIpc) is 2.77. The summed E-state index contributed by atoms with van der Waals surface area (Å²) in [6.45, 7) is 1.31. The fraction of sp³-hybridized carbons (Fsp3) is 0.286. The van der Waals surface area contributed by atoms with Gasteiger partial charge in [-0.2, -0.15) is 0 Å². The van der Waals surface area contributed by atoms with Crippen molar-refractivity contribution in [1.82, 2.24) is 0 Å². The van der Waals surface area contributed by atoms with Crippen LogP contribution >= 0.6 is 0 Å². The van der Waals surface area contributed by atoms with Gasteiger partial charge in [0.05, 0.1) is 32.1 Å². The van der Waals surface area contributed by atoms with Crippen molar-refractivity contribution in [3.8, 4) is 5.75 Å². The number of amides is 1. The number of anilines is 1. The monoisotopic (exact) mass is 382 g/mol. The first-order valence-electron chi connectivity index (χ1n) is 8.88. The topological polar surface area (TPSA) is 77.4 Å². The smallest absolute Gasteiger partial charge is 0.341 e. The van der Waals surface area contributed by atoms with Gasteiger partial charge in [0, 0.05) is 25.6 Å². The number of methoxy groups -OCH3 is 2. The zero-order valence-corrected chi connectivity index (χ0v) is 16.1. The molecule has 1 amide bonds. The van der Waals surface area contributed by atoms with E-state index in [1.54, 1.807) is 13.1 Å². The lowest BCUT2D eigenvalue weighted by Gasteiger charge is -2.23. The molecule has 0 atom stereocenters. The standard InChI is InChI=1S/C21H22N2O5/c1-23(17-8-5-4-7-15(17)19-22-11-6-12-28-19)20(24)14-9-10-16(21(25)27-3)18(13-14)26-2/h4-5,7-10,13H,6,11-12H2,1-3H3. The Kier molecular flexibility index (Phi) is 5.93. The molecule has 0 radical (unpaired) electrons. The van der Waals surface area contributed by atoms with Gasteiger partial charge in [-0.1, -0.05) is 12.1 Å². The van der Waals surface area contributed by atoms with Crippen molar-refractivity contribution in [2.45, 2.75) is 6.42 Å². The Bertz CT molecular complexity index is 923. The molecule has 3 rings (SSSR count). The number of aliphatic imine (C=N–C) groups is 1. The molecule has 0 aliphatic carbocycles. The van der Waals surface area contributed by atoms with E-state index in [4.69, 9.17) is 14.2 Å². The van der Waals surface area contributed by atoms with Crippen molar-refractivity contribution in [3.63, 3.8) is 0 Å². The number of rotatable bonds is 5. The molecule has 0 aromatic heterocycles. The van der Waals surface area contributed by atoms with E-state index >= 15 is 0 Å². The van der Waals surface area contributed by atoms with Crippen molar-refractivity contribution in [1.29, 1.82) is 0 Å². The van der Waals surface area contributed by atoms with Crippen molar-refractivity contribution in [2.75, 3.05) is 39.3 Å². The lowest BCUT2D eigenvalue weighted by molar-refractivity contribution is 0.0596. The molecular formula is C21H22N2O5. The van der Waals surface area contributed by atoms with E-state index < -0.39 is 5.97 Å². The first-order valence-corrected chi connectivity index (χ1v) is 8.88. The lowest BCUT2D eigenvalue weighted by atomic mass is 10.1. The molecule has 0 spiro atoms. The van der Waals surface area contributed by atoms with E-state index in [0.29, 0.717) is 30.3 Å². The van der Waals surface area contributed by atoms with Gasteiger partial charge in [-0.25, -0.2) is 4.79 Å². The van der Waals surface area contributed by atoms with Crippen molar-refractivity contribution < 1.29 is 23.8 Å². The second kappa shape index (κ2) is 8.56. The number of nitrogens with zero attached hydrogens (tertiary/aromatic N) is 2. The van der Waals surface area contributed by atoms with Crippen LogP contribution in [0.25, 0.3) is 0 Å². The Morgan fingerprint density at radius 3 is 2.61 bits per heavy atom. The molecule has 7 nitrogen and oxygen atoms in total. The highest BCUT2D eigenvalue weighted by Gasteiger charge is 2.22. The molecule has 146 valence electrons. The molecule has 0 saturated heterocycles. The Labute approximate surface area is 163 Å². The molecule has 7 heteroatoms. The van der Waals surface area contributed by atoms with E-state index in [2.05, 4.69) is 4.99 Å². The summed E-state index contributed by atoms with van der Waals surface area (Å²) in [6.07, 6.45) is 0.882. The highest BCUT2D eigenvalue weighted by atomic mass is 16.5. The van der Waals surface area contributed by atoms with E-state index in [-0.39, 0.29) is 17.2 Å². The number of carbonyl (C=O) groups is 2. The predicted octanol–water partition coefficient (Wildman–Crippen LogP) is 2.93. The van der Waals surface area contributed by atoms with Crippen molar-refractivity contribution >= 4 is 23.5 Å². The van der Waals surface area contributed by atoms with Crippen molar-refractivity contribution in [3.05, 3.63) is 59.2 Å². The second-order valence-corrected chi connectivity index (χ2v) is 6.18. The third-order valence-electron chi connectivity index (χ3n) is 4.45. The third-order valence-corrected chi connectivity index (χ3v) is 4.45. The molecule has 28 heavy (non-hydrogen) atoms. The summed E-state index contributed by atoms with van der Waals surface area (Å²) in [4.78, 5) is 30.9. The maximum Gasteiger partial charge on any atom is 0.341 e. The van der Waals surface area contributed by atoms with Crippen LogP contribution < -0.4 is 9.64 Å².